The van der Waals surface area contributed by atoms with Crippen LogP contribution < -0.4 is 14.8 Å². The van der Waals surface area contributed by atoms with E-state index in [9.17, 15) is 9.59 Å². The van der Waals surface area contributed by atoms with Gasteiger partial charge in [-0.3, -0.25) is 14.5 Å². The van der Waals surface area contributed by atoms with Gasteiger partial charge in [0.25, 0.3) is 5.91 Å². The molecule has 0 saturated carbocycles. The first-order valence-electron chi connectivity index (χ1n) is 12.4. The van der Waals surface area contributed by atoms with Gasteiger partial charge in [0.1, 0.15) is 18.1 Å². The van der Waals surface area contributed by atoms with Crippen molar-refractivity contribution in [3.63, 3.8) is 0 Å². The number of benzene rings is 2. The smallest absolute Gasteiger partial charge is 0.257 e. The Morgan fingerprint density at radius 3 is 2.66 bits per heavy atom. The van der Waals surface area contributed by atoms with Gasteiger partial charge in [-0.05, 0) is 43.3 Å². The van der Waals surface area contributed by atoms with Gasteiger partial charge in [-0.25, -0.2) is 0 Å². The molecule has 0 bridgehead atoms. The number of amides is 2. The zero-order valence-electron chi connectivity index (χ0n) is 20.7. The number of carbonyl (C=O) groups excluding carboxylic acids is 2. The lowest BCUT2D eigenvalue weighted by atomic mass is 10.1. The Bertz CT molecular complexity index is 1010. The van der Waals surface area contributed by atoms with Crippen molar-refractivity contribution in [3.05, 3.63) is 59.7 Å². The summed E-state index contributed by atoms with van der Waals surface area (Å²) in [5, 5.41) is 3.03. The Labute approximate surface area is 207 Å². The molecular formula is C27H36N4O4. The first kappa shape index (κ1) is 25.0. The quantitative estimate of drug-likeness (QED) is 0.562. The number of ether oxygens (including phenoxy) is 2. The molecule has 2 saturated heterocycles. The van der Waals surface area contributed by atoms with Crippen LogP contribution in [0.15, 0.2) is 48.5 Å². The van der Waals surface area contributed by atoms with E-state index in [-0.39, 0.29) is 17.9 Å². The van der Waals surface area contributed by atoms with Crippen LogP contribution in [0.5, 0.6) is 11.5 Å². The van der Waals surface area contributed by atoms with Crippen molar-refractivity contribution in [1.29, 1.82) is 0 Å². The maximum absolute atomic E-state index is 12.9. The maximum atomic E-state index is 12.9. The molecule has 2 fully saturated rings. The van der Waals surface area contributed by atoms with E-state index in [0.29, 0.717) is 37.4 Å². The van der Waals surface area contributed by atoms with Crippen LogP contribution in [0.3, 0.4) is 0 Å². The van der Waals surface area contributed by atoms with Crippen molar-refractivity contribution < 1.29 is 19.1 Å². The Balaban J connectivity index is 1.18. The molecule has 1 atom stereocenters. The standard InChI is InChI=1S/C27H36N4O4/c1-29(20-22-10-11-26(32)28-22)19-21-6-5-7-23(18-21)35-17-16-30-12-14-31(15-13-30)27(33)24-8-3-4-9-25(24)34-2/h3-9,18,22H,10-17,19-20H2,1-2H3,(H,28,32)/t22-/m0/s1. The Morgan fingerprint density at radius 1 is 1.11 bits per heavy atom. The summed E-state index contributed by atoms with van der Waals surface area (Å²) in [5.74, 6) is 1.67. The third-order valence-electron chi connectivity index (χ3n) is 6.64. The number of carbonyl (C=O) groups is 2. The summed E-state index contributed by atoms with van der Waals surface area (Å²) in [4.78, 5) is 30.8. The summed E-state index contributed by atoms with van der Waals surface area (Å²) in [7, 11) is 3.67. The van der Waals surface area contributed by atoms with Crippen LogP contribution in [-0.4, -0.2) is 92.6 Å². The van der Waals surface area contributed by atoms with E-state index in [1.807, 2.05) is 41.3 Å². The van der Waals surface area contributed by atoms with E-state index < -0.39 is 0 Å². The Hall–Kier alpha value is -3.10. The topological polar surface area (TPSA) is 74.4 Å². The molecule has 2 aromatic rings. The minimum atomic E-state index is 0.0236. The monoisotopic (exact) mass is 480 g/mol. The van der Waals surface area contributed by atoms with Crippen LogP contribution in [-0.2, 0) is 11.3 Å². The number of nitrogens with one attached hydrogen (secondary N) is 1. The van der Waals surface area contributed by atoms with Gasteiger partial charge in [0, 0.05) is 58.3 Å². The minimum absolute atomic E-state index is 0.0236. The summed E-state index contributed by atoms with van der Waals surface area (Å²) in [6.45, 7) is 6.13. The lowest BCUT2D eigenvalue weighted by Crippen LogP contribution is -2.49. The SMILES string of the molecule is COc1ccccc1C(=O)N1CCN(CCOc2cccc(CN(C)C[C@@H]3CCC(=O)N3)c2)CC1. The van der Waals surface area contributed by atoms with Gasteiger partial charge in [-0.1, -0.05) is 24.3 Å². The van der Waals surface area contributed by atoms with Gasteiger partial charge in [0.15, 0.2) is 0 Å². The second-order valence-corrected chi connectivity index (χ2v) is 9.33. The maximum Gasteiger partial charge on any atom is 0.257 e. The fourth-order valence-corrected chi connectivity index (χ4v) is 4.76. The van der Waals surface area contributed by atoms with Gasteiger partial charge < -0.3 is 24.6 Å². The first-order valence-corrected chi connectivity index (χ1v) is 12.4. The van der Waals surface area contributed by atoms with Crippen molar-refractivity contribution in [2.24, 2.45) is 0 Å². The van der Waals surface area contributed by atoms with Crippen molar-refractivity contribution in [3.8, 4) is 11.5 Å². The number of hydrogen-bond donors (Lipinski definition) is 1. The number of likely N-dealkylation sites (N-methyl/N-ethyl adjacent to an activating group) is 1. The molecule has 188 valence electrons. The molecule has 0 spiro atoms. The van der Waals surface area contributed by atoms with Crippen molar-refractivity contribution in [2.75, 3.05) is 60.0 Å². The predicted molar refractivity (Wildman–Crippen MR) is 135 cm³/mol. The highest BCUT2D eigenvalue weighted by Crippen LogP contribution is 2.20. The van der Waals surface area contributed by atoms with E-state index in [1.54, 1.807) is 7.11 Å². The molecule has 2 aliphatic heterocycles. The molecule has 2 aliphatic rings. The number of nitrogens with zero attached hydrogens (tertiary/aromatic N) is 3. The average molecular weight is 481 g/mol. The molecule has 8 heteroatoms. The van der Waals surface area contributed by atoms with Gasteiger partial charge >= 0.3 is 0 Å². The largest absolute Gasteiger partial charge is 0.496 e. The summed E-state index contributed by atoms with van der Waals surface area (Å²) >= 11 is 0. The molecule has 1 N–H and O–H groups in total. The fraction of sp³-hybridized carbons (Fsp3) is 0.481. The summed E-state index contributed by atoms with van der Waals surface area (Å²) < 4.78 is 11.4. The lowest BCUT2D eigenvalue weighted by molar-refractivity contribution is -0.119. The summed E-state index contributed by atoms with van der Waals surface area (Å²) in [5.41, 5.74) is 1.81. The van der Waals surface area contributed by atoms with Gasteiger partial charge in [0.2, 0.25) is 5.91 Å². The van der Waals surface area contributed by atoms with Crippen molar-refractivity contribution in [1.82, 2.24) is 20.0 Å². The van der Waals surface area contributed by atoms with Crippen LogP contribution in [0.2, 0.25) is 0 Å². The van der Waals surface area contributed by atoms with Crippen LogP contribution in [0.1, 0.15) is 28.8 Å². The number of methoxy groups -OCH3 is 1. The van der Waals surface area contributed by atoms with E-state index in [4.69, 9.17) is 9.47 Å². The highest BCUT2D eigenvalue weighted by molar-refractivity contribution is 5.97. The van der Waals surface area contributed by atoms with Crippen LogP contribution >= 0.6 is 0 Å². The summed E-state index contributed by atoms with van der Waals surface area (Å²) in [6, 6.07) is 15.8. The van der Waals surface area contributed by atoms with Crippen molar-refractivity contribution >= 4 is 11.8 Å². The van der Waals surface area contributed by atoms with Crippen LogP contribution in [0.4, 0.5) is 0 Å². The molecule has 0 radical (unpaired) electrons. The highest BCUT2D eigenvalue weighted by Gasteiger charge is 2.24. The molecule has 2 heterocycles. The first-order chi connectivity index (χ1) is 17.0. The Kier molecular flexibility index (Phi) is 8.60. The van der Waals surface area contributed by atoms with Gasteiger partial charge in [-0.2, -0.15) is 0 Å². The molecular weight excluding hydrogens is 444 g/mol. The van der Waals surface area contributed by atoms with E-state index in [1.165, 1.54) is 5.56 Å². The molecule has 35 heavy (non-hydrogen) atoms. The second kappa shape index (κ2) is 12.0. The third-order valence-corrected chi connectivity index (χ3v) is 6.64. The number of piperazine rings is 1. The van der Waals surface area contributed by atoms with E-state index in [0.717, 1.165) is 44.9 Å². The van der Waals surface area contributed by atoms with Gasteiger partial charge in [-0.15, -0.1) is 0 Å². The molecule has 0 unspecified atom stereocenters. The van der Waals surface area contributed by atoms with Gasteiger partial charge in [0.05, 0.1) is 12.7 Å². The minimum Gasteiger partial charge on any atom is -0.496 e. The number of rotatable bonds is 10. The number of hydrogen-bond acceptors (Lipinski definition) is 6. The second-order valence-electron chi connectivity index (χ2n) is 9.33. The Morgan fingerprint density at radius 2 is 1.91 bits per heavy atom. The average Bonchev–Trinajstić information content (AvgIpc) is 3.28. The molecule has 0 aliphatic carbocycles. The molecule has 0 aromatic heterocycles. The molecule has 2 aromatic carbocycles. The predicted octanol–water partition coefficient (Wildman–Crippen LogP) is 2.24. The van der Waals surface area contributed by atoms with Crippen LogP contribution in [0, 0.1) is 0 Å². The van der Waals surface area contributed by atoms with Crippen LogP contribution in [0.25, 0.3) is 0 Å². The number of para-hydroxylation sites is 1. The highest BCUT2D eigenvalue weighted by atomic mass is 16.5. The normalized spacial score (nSPS) is 18.5. The fourth-order valence-electron chi connectivity index (χ4n) is 4.76. The lowest BCUT2D eigenvalue weighted by Gasteiger charge is -2.34. The molecule has 4 rings (SSSR count). The zero-order chi connectivity index (χ0) is 24.6. The zero-order valence-corrected chi connectivity index (χ0v) is 20.7. The van der Waals surface area contributed by atoms with Crippen molar-refractivity contribution in [2.45, 2.75) is 25.4 Å². The van der Waals surface area contributed by atoms with E-state index in [2.05, 4.69) is 34.3 Å². The molecule has 2 amide bonds. The van der Waals surface area contributed by atoms with E-state index >= 15 is 0 Å². The molecule has 8 nitrogen and oxygen atoms in total. The summed E-state index contributed by atoms with van der Waals surface area (Å²) in [6.07, 6.45) is 1.55. The third kappa shape index (κ3) is 6.96.